The third-order valence-electron chi connectivity index (χ3n) is 2.30. The summed E-state index contributed by atoms with van der Waals surface area (Å²) >= 11 is 3.27. The van der Waals surface area contributed by atoms with E-state index in [0.29, 0.717) is 5.56 Å². The molecule has 16 heavy (non-hydrogen) atoms. The van der Waals surface area contributed by atoms with Crippen LogP contribution in [0.1, 0.15) is 37.0 Å². The number of phenolic OH excluding ortho intramolecular Hbond substituents is 1. The molecule has 0 bridgehead atoms. The Labute approximate surface area is 104 Å². The number of halogens is 1. The first-order valence-electron chi connectivity index (χ1n) is 5.34. The Morgan fingerprint density at radius 2 is 2.25 bits per heavy atom. The number of amides is 1. The van der Waals surface area contributed by atoms with Gasteiger partial charge in [-0.2, -0.15) is 0 Å². The van der Waals surface area contributed by atoms with Crippen molar-refractivity contribution in [3.8, 4) is 5.75 Å². The molecule has 1 rings (SSSR count). The van der Waals surface area contributed by atoms with Gasteiger partial charge in [0.15, 0.2) is 0 Å². The van der Waals surface area contributed by atoms with Gasteiger partial charge in [-0.1, -0.05) is 29.3 Å². The molecule has 4 heteroatoms. The summed E-state index contributed by atoms with van der Waals surface area (Å²) in [6.07, 6.45) is 1.95. The van der Waals surface area contributed by atoms with E-state index >= 15 is 0 Å². The van der Waals surface area contributed by atoms with Crippen molar-refractivity contribution in [1.82, 2.24) is 5.32 Å². The number of hydrogen-bond acceptors (Lipinski definition) is 2. The van der Waals surface area contributed by atoms with E-state index < -0.39 is 0 Å². The molecular formula is C12H16BrNO2. The Bertz CT molecular complexity index is 379. The number of carbonyl (C=O) groups excluding carboxylic acids is 1. The molecule has 0 saturated heterocycles. The third-order valence-corrected chi connectivity index (χ3v) is 2.80. The maximum atomic E-state index is 11.8. The molecule has 0 saturated carbocycles. The Hall–Kier alpha value is -1.03. The second-order valence-corrected chi connectivity index (χ2v) is 4.74. The van der Waals surface area contributed by atoms with Crippen LogP contribution in [0.25, 0.3) is 0 Å². The predicted octanol–water partition coefficient (Wildman–Crippen LogP) is 3.07. The zero-order valence-corrected chi connectivity index (χ0v) is 11.0. The summed E-state index contributed by atoms with van der Waals surface area (Å²) in [6.45, 7) is 4.02. The highest BCUT2D eigenvalue weighted by Crippen LogP contribution is 2.21. The first kappa shape index (κ1) is 13.0. The summed E-state index contributed by atoms with van der Waals surface area (Å²) in [5.41, 5.74) is 0.303. The average Bonchev–Trinajstić information content (AvgIpc) is 2.21. The summed E-state index contributed by atoms with van der Waals surface area (Å²) in [5, 5.41) is 12.4. The van der Waals surface area contributed by atoms with Gasteiger partial charge in [0.25, 0.3) is 5.91 Å². The van der Waals surface area contributed by atoms with Crippen LogP contribution >= 0.6 is 15.9 Å². The largest absolute Gasteiger partial charge is 0.507 e. The van der Waals surface area contributed by atoms with Crippen LogP contribution in [0.2, 0.25) is 0 Å². The molecule has 1 amide bonds. The van der Waals surface area contributed by atoms with Gasteiger partial charge in [0.1, 0.15) is 5.75 Å². The fourth-order valence-electron chi connectivity index (χ4n) is 1.50. The van der Waals surface area contributed by atoms with Gasteiger partial charge in [-0.25, -0.2) is 0 Å². The van der Waals surface area contributed by atoms with Gasteiger partial charge < -0.3 is 10.4 Å². The van der Waals surface area contributed by atoms with Crippen molar-refractivity contribution < 1.29 is 9.90 Å². The van der Waals surface area contributed by atoms with Crippen LogP contribution in [0.15, 0.2) is 22.7 Å². The lowest BCUT2D eigenvalue weighted by atomic mass is 10.1. The minimum absolute atomic E-state index is 0.00407. The van der Waals surface area contributed by atoms with Gasteiger partial charge in [-0.15, -0.1) is 0 Å². The fraction of sp³-hybridized carbons (Fsp3) is 0.417. The molecule has 88 valence electrons. The minimum atomic E-state index is -0.236. The quantitative estimate of drug-likeness (QED) is 0.893. The summed E-state index contributed by atoms with van der Waals surface area (Å²) in [7, 11) is 0. The molecule has 2 N–H and O–H groups in total. The highest BCUT2D eigenvalue weighted by molar-refractivity contribution is 9.10. The molecule has 1 aromatic carbocycles. The average molecular weight is 286 g/mol. The molecular weight excluding hydrogens is 270 g/mol. The van der Waals surface area contributed by atoms with Crippen molar-refractivity contribution in [3.63, 3.8) is 0 Å². The number of phenols is 1. The van der Waals surface area contributed by atoms with Crippen LogP contribution in [0.3, 0.4) is 0 Å². The van der Waals surface area contributed by atoms with Crippen molar-refractivity contribution in [1.29, 1.82) is 0 Å². The number of benzene rings is 1. The van der Waals surface area contributed by atoms with Gasteiger partial charge in [0.2, 0.25) is 0 Å². The molecule has 3 nitrogen and oxygen atoms in total. The van der Waals surface area contributed by atoms with E-state index in [1.54, 1.807) is 12.1 Å². The van der Waals surface area contributed by atoms with Gasteiger partial charge in [-0.3, -0.25) is 4.79 Å². The lowest BCUT2D eigenvalue weighted by Gasteiger charge is -2.13. The Morgan fingerprint density at radius 1 is 1.56 bits per heavy atom. The van der Waals surface area contributed by atoms with Crippen LogP contribution in [0.5, 0.6) is 5.75 Å². The van der Waals surface area contributed by atoms with E-state index in [-0.39, 0.29) is 17.7 Å². The Balaban J connectivity index is 2.76. The van der Waals surface area contributed by atoms with E-state index in [1.807, 2.05) is 6.92 Å². The first-order valence-corrected chi connectivity index (χ1v) is 6.13. The Kier molecular flexibility index (Phi) is 4.80. The Morgan fingerprint density at radius 3 is 2.88 bits per heavy atom. The van der Waals surface area contributed by atoms with Crippen LogP contribution in [-0.2, 0) is 0 Å². The first-order chi connectivity index (χ1) is 7.54. The van der Waals surface area contributed by atoms with Crippen LogP contribution in [-0.4, -0.2) is 17.1 Å². The standard InChI is InChI=1S/C12H16BrNO2/c1-3-4-8(2)14-12(16)10-7-9(13)5-6-11(10)15/h5-8,15H,3-4H2,1-2H3,(H,14,16). The molecule has 0 heterocycles. The smallest absolute Gasteiger partial charge is 0.255 e. The van der Waals surface area contributed by atoms with Crippen molar-refractivity contribution in [2.75, 3.05) is 0 Å². The van der Waals surface area contributed by atoms with Crippen LogP contribution in [0.4, 0.5) is 0 Å². The van der Waals surface area contributed by atoms with Gasteiger partial charge in [-0.05, 0) is 31.5 Å². The van der Waals surface area contributed by atoms with Crippen LogP contribution in [0, 0.1) is 0 Å². The predicted molar refractivity (Wildman–Crippen MR) is 67.6 cm³/mol. The van der Waals surface area contributed by atoms with Gasteiger partial charge in [0.05, 0.1) is 5.56 Å². The molecule has 0 aliphatic rings. The second-order valence-electron chi connectivity index (χ2n) is 3.82. The molecule has 0 radical (unpaired) electrons. The molecule has 0 aromatic heterocycles. The maximum absolute atomic E-state index is 11.8. The molecule has 0 spiro atoms. The van der Waals surface area contributed by atoms with Crippen molar-refractivity contribution in [3.05, 3.63) is 28.2 Å². The lowest BCUT2D eigenvalue weighted by molar-refractivity contribution is 0.0935. The summed E-state index contributed by atoms with van der Waals surface area (Å²) in [4.78, 5) is 11.8. The van der Waals surface area contributed by atoms with Gasteiger partial charge >= 0.3 is 0 Å². The van der Waals surface area contributed by atoms with E-state index in [9.17, 15) is 9.90 Å². The van der Waals surface area contributed by atoms with E-state index in [0.717, 1.165) is 17.3 Å². The lowest BCUT2D eigenvalue weighted by Crippen LogP contribution is -2.32. The molecule has 0 fully saturated rings. The molecule has 1 aromatic rings. The number of aromatic hydroxyl groups is 1. The number of rotatable bonds is 4. The summed E-state index contributed by atoms with van der Waals surface area (Å²) in [6, 6.07) is 4.94. The third kappa shape index (κ3) is 3.52. The SMILES string of the molecule is CCCC(C)NC(=O)c1cc(Br)ccc1O. The normalized spacial score (nSPS) is 12.2. The maximum Gasteiger partial charge on any atom is 0.255 e. The number of nitrogens with one attached hydrogen (secondary N) is 1. The molecule has 1 atom stereocenters. The van der Waals surface area contributed by atoms with E-state index in [1.165, 1.54) is 6.07 Å². The molecule has 0 aliphatic carbocycles. The minimum Gasteiger partial charge on any atom is -0.507 e. The van der Waals surface area contributed by atoms with Crippen molar-refractivity contribution in [2.24, 2.45) is 0 Å². The van der Waals surface area contributed by atoms with Crippen molar-refractivity contribution in [2.45, 2.75) is 32.7 Å². The second kappa shape index (κ2) is 5.89. The molecule has 0 aliphatic heterocycles. The van der Waals surface area contributed by atoms with Gasteiger partial charge in [0, 0.05) is 10.5 Å². The highest BCUT2D eigenvalue weighted by Gasteiger charge is 2.13. The fourth-order valence-corrected chi connectivity index (χ4v) is 1.86. The summed E-state index contributed by atoms with van der Waals surface area (Å²) < 4.78 is 0.776. The van der Waals surface area contributed by atoms with E-state index in [4.69, 9.17) is 0 Å². The zero-order valence-electron chi connectivity index (χ0n) is 9.46. The number of carbonyl (C=O) groups is 1. The van der Waals surface area contributed by atoms with Crippen molar-refractivity contribution >= 4 is 21.8 Å². The highest BCUT2D eigenvalue weighted by atomic mass is 79.9. The molecule has 1 unspecified atom stereocenters. The number of hydrogen-bond donors (Lipinski definition) is 2. The monoisotopic (exact) mass is 285 g/mol. The van der Waals surface area contributed by atoms with E-state index in [2.05, 4.69) is 28.2 Å². The topological polar surface area (TPSA) is 49.3 Å². The summed E-state index contributed by atoms with van der Waals surface area (Å²) in [5.74, 6) is -0.232. The van der Waals surface area contributed by atoms with Crippen LogP contribution < -0.4 is 5.32 Å². The zero-order chi connectivity index (χ0) is 12.1.